The summed E-state index contributed by atoms with van der Waals surface area (Å²) in [6.45, 7) is 2.12. The Morgan fingerprint density at radius 2 is 1.95 bits per heavy atom. The number of halogens is 1. The largest absolute Gasteiger partial charge is 0.369 e. The van der Waals surface area contributed by atoms with Gasteiger partial charge in [0.25, 0.3) is 0 Å². The summed E-state index contributed by atoms with van der Waals surface area (Å²) in [7, 11) is 0. The van der Waals surface area contributed by atoms with Crippen LogP contribution in [0, 0.1) is 17.1 Å². The van der Waals surface area contributed by atoms with E-state index < -0.39 is 5.82 Å². The Labute approximate surface area is 112 Å². The van der Waals surface area contributed by atoms with Gasteiger partial charge in [0, 0.05) is 5.56 Å². The molecule has 2 rings (SSSR count). The number of rotatable bonds is 4. The van der Waals surface area contributed by atoms with Gasteiger partial charge in [-0.2, -0.15) is 5.26 Å². The Morgan fingerprint density at radius 3 is 2.58 bits per heavy atom. The molecule has 0 saturated heterocycles. The highest BCUT2D eigenvalue weighted by molar-refractivity contribution is 5.32. The maximum atomic E-state index is 13.7. The molecule has 0 spiro atoms. The molecule has 1 atom stereocenters. The smallest absolute Gasteiger partial charge is 0.130 e. The average molecular weight is 255 g/mol. The van der Waals surface area contributed by atoms with Crippen molar-refractivity contribution in [2.24, 2.45) is 0 Å². The van der Waals surface area contributed by atoms with Gasteiger partial charge >= 0.3 is 0 Å². The lowest BCUT2D eigenvalue weighted by Gasteiger charge is -2.13. The highest BCUT2D eigenvalue weighted by Crippen LogP contribution is 2.19. The summed E-state index contributed by atoms with van der Waals surface area (Å²) in [5.41, 5.74) is 1.83. The SMILES string of the molecule is CC(OCc1ccc(C#N)cc1F)c1ccccc1. The third-order valence-electron chi connectivity index (χ3n) is 2.94. The average Bonchev–Trinajstić information content (AvgIpc) is 2.46. The molecule has 3 heteroatoms. The monoisotopic (exact) mass is 255 g/mol. The first kappa shape index (κ1) is 13.3. The van der Waals surface area contributed by atoms with Crippen molar-refractivity contribution in [3.63, 3.8) is 0 Å². The van der Waals surface area contributed by atoms with Crippen LogP contribution in [0.25, 0.3) is 0 Å². The molecular weight excluding hydrogens is 241 g/mol. The van der Waals surface area contributed by atoms with Crippen molar-refractivity contribution < 1.29 is 9.13 Å². The second-order valence-electron chi connectivity index (χ2n) is 4.28. The summed E-state index contributed by atoms with van der Waals surface area (Å²) >= 11 is 0. The van der Waals surface area contributed by atoms with Gasteiger partial charge in [-0.25, -0.2) is 4.39 Å². The van der Waals surface area contributed by atoms with Crippen LogP contribution in [0.15, 0.2) is 48.5 Å². The number of hydrogen-bond donors (Lipinski definition) is 0. The van der Waals surface area contributed by atoms with E-state index in [2.05, 4.69) is 0 Å². The second-order valence-corrected chi connectivity index (χ2v) is 4.28. The van der Waals surface area contributed by atoms with Crippen molar-refractivity contribution in [3.05, 3.63) is 71.0 Å². The van der Waals surface area contributed by atoms with Gasteiger partial charge in [-0.05, 0) is 24.6 Å². The fourth-order valence-corrected chi connectivity index (χ4v) is 1.77. The van der Waals surface area contributed by atoms with E-state index in [0.717, 1.165) is 5.56 Å². The quantitative estimate of drug-likeness (QED) is 0.828. The summed E-state index contributed by atoms with van der Waals surface area (Å²) in [5.74, 6) is -0.403. The Kier molecular flexibility index (Phi) is 4.27. The van der Waals surface area contributed by atoms with Crippen molar-refractivity contribution in [1.29, 1.82) is 5.26 Å². The van der Waals surface area contributed by atoms with Gasteiger partial charge in [-0.3, -0.25) is 0 Å². The molecular formula is C16H14FNO. The lowest BCUT2D eigenvalue weighted by Crippen LogP contribution is -2.02. The van der Waals surface area contributed by atoms with Gasteiger partial charge in [0.1, 0.15) is 5.82 Å². The molecule has 0 bridgehead atoms. The predicted molar refractivity (Wildman–Crippen MR) is 70.8 cm³/mol. The summed E-state index contributed by atoms with van der Waals surface area (Å²) < 4.78 is 19.3. The summed E-state index contributed by atoms with van der Waals surface area (Å²) in [6.07, 6.45) is -0.101. The zero-order valence-electron chi connectivity index (χ0n) is 10.6. The van der Waals surface area contributed by atoms with Crippen molar-refractivity contribution in [2.75, 3.05) is 0 Å². The molecule has 0 radical (unpaired) electrons. The molecule has 0 saturated carbocycles. The van der Waals surface area contributed by atoms with Gasteiger partial charge in [0.05, 0.1) is 24.3 Å². The van der Waals surface area contributed by atoms with Crippen LogP contribution in [0.5, 0.6) is 0 Å². The van der Waals surface area contributed by atoms with Gasteiger partial charge in [0.15, 0.2) is 0 Å². The van der Waals surface area contributed by atoms with Crippen LogP contribution >= 0.6 is 0 Å². The number of nitrogens with zero attached hydrogens (tertiary/aromatic N) is 1. The van der Waals surface area contributed by atoms with E-state index in [0.29, 0.717) is 11.1 Å². The van der Waals surface area contributed by atoms with Gasteiger partial charge in [-0.1, -0.05) is 36.4 Å². The fourth-order valence-electron chi connectivity index (χ4n) is 1.77. The standard InChI is InChI=1S/C16H14FNO/c1-12(14-5-3-2-4-6-14)19-11-15-8-7-13(10-18)9-16(15)17/h2-9,12H,11H2,1H3. The van der Waals surface area contributed by atoms with E-state index in [4.69, 9.17) is 10.00 Å². The first-order valence-electron chi connectivity index (χ1n) is 6.06. The molecule has 2 nitrogen and oxygen atoms in total. The number of hydrogen-bond acceptors (Lipinski definition) is 2. The molecule has 0 aliphatic carbocycles. The topological polar surface area (TPSA) is 33.0 Å². The van der Waals surface area contributed by atoms with Crippen LogP contribution in [-0.4, -0.2) is 0 Å². The molecule has 0 fully saturated rings. The van der Waals surface area contributed by atoms with Crippen LogP contribution in [0.2, 0.25) is 0 Å². The van der Waals surface area contributed by atoms with Crippen LogP contribution in [-0.2, 0) is 11.3 Å². The van der Waals surface area contributed by atoms with Crippen molar-refractivity contribution in [3.8, 4) is 6.07 Å². The first-order valence-corrected chi connectivity index (χ1v) is 6.06. The minimum Gasteiger partial charge on any atom is -0.369 e. The number of ether oxygens (including phenoxy) is 1. The minimum absolute atomic E-state index is 0.101. The molecule has 2 aromatic carbocycles. The lowest BCUT2D eigenvalue weighted by atomic mass is 10.1. The minimum atomic E-state index is -0.403. The van der Waals surface area contributed by atoms with Crippen molar-refractivity contribution in [2.45, 2.75) is 19.6 Å². The lowest BCUT2D eigenvalue weighted by molar-refractivity contribution is 0.0509. The van der Waals surface area contributed by atoms with Crippen molar-refractivity contribution >= 4 is 0 Å². The Balaban J connectivity index is 2.01. The van der Waals surface area contributed by atoms with E-state index in [1.807, 2.05) is 43.3 Å². The Hall–Kier alpha value is -2.18. The molecule has 0 N–H and O–H groups in total. The molecule has 0 aromatic heterocycles. The van der Waals surface area contributed by atoms with Gasteiger partial charge in [-0.15, -0.1) is 0 Å². The van der Waals surface area contributed by atoms with E-state index in [-0.39, 0.29) is 12.7 Å². The number of benzene rings is 2. The van der Waals surface area contributed by atoms with Crippen LogP contribution in [0.4, 0.5) is 4.39 Å². The maximum absolute atomic E-state index is 13.7. The van der Waals surface area contributed by atoms with Crippen LogP contribution in [0.1, 0.15) is 29.7 Å². The normalized spacial score (nSPS) is 11.8. The summed E-state index contributed by atoms with van der Waals surface area (Å²) in [4.78, 5) is 0. The molecule has 0 aliphatic heterocycles. The zero-order valence-corrected chi connectivity index (χ0v) is 10.6. The Morgan fingerprint density at radius 1 is 1.21 bits per heavy atom. The third-order valence-corrected chi connectivity index (χ3v) is 2.94. The predicted octanol–water partition coefficient (Wildman–Crippen LogP) is 3.98. The molecule has 19 heavy (non-hydrogen) atoms. The molecule has 1 unspecified atom stereocenters. The molecule has 2 aromatic rings. The highest BCUT2D eigenvalue weighted by atomic mass is 19.1. The molecule has 0 aliphatic rings. The summed E-state index contributed by atoms with van der Waals surface area (Å²) in [5, 5.41) is 8.67. The van der Waals surface area contributed by atoms with Crippen LogP contribution in [0.3, 0.4) is 0 Å². The van der Waals surface area contributed by atoms with Crippen LogP contribution < -0.4 is 0 Å². The van der Waals surface area contributed by atoms with E-state index >= 15 is 0 Å². The third kappa shape index (κ3) is 3.40. The van der Waals surface area contributed by atoms with E-state index in [1.54, 1.807) is 12.1 Å². The zero-order chi connectivity index (χ0) is 13.7. The molecule has 0 amide bonds. The van der Waals surface area contributed by atoms with E-state index in [1.165, 1.54) is 6.07 Å². The van der Waals surface area contributed by atoms with Gasteiger partial charge in [0.2, 0.25) is 0 Å². The summed E-state index contributed by atoms with van der Waals surface area (Å²) in [6, 6.07) is 16.1. The van der Waals surface area contributed by atoms with Crippen molar-refractivity contribution in [1.82, 2.24) is 0 Å². The molecule has 0 heterocycles. The highest BCUT2D eigenvalue weighted by Gasteiger charge is 2.08. The first-order chi connectivity index (χ1) is 9.20. The van der Waals surface area contributed by atoms with Gasteiger partial charge < -0.3 is 4.74 Å². The number of nitriles is 1. The molecule has 96 valence electrons. The second kappa shape index (κ2) is 6.12. The van der Waals surface area contributed by atoms with E-state index in [9.17, 15) is 4.39 Å². The maximum Gasteiger partial charge on any atom is 0.130 e. The Bertz CT molecular complexity index is 589. The fraction of sp³-hybridized carbons (Fsp3) is 0.188.